The summed E-state index contributed by atoms with van der Waals surface area (Å²) < 4.78 is 5.77. The highest BCUT2D eigenvalue weighted by Crippen LogP contribution is 2.46. The number of para-hydroxylation sites is 1. The zero-order valence-corrected chi connectivity index (χ0v) is 9.33. The number of rotatable bonds is 1. The molecule has 3 heteroatoms. The van der Waals surface area contributed by atoms with Gasteiger partial charge in [0.1, 0.15) is 11.5 Å². The van der Waals surface area contributed by atoms with Crippen molar-refractivity contribution >= 4 is 11.8 Å². The summed E-state index contributed by atoms with van der Waals surface area (Å²) in [4.78, 5) is 2.18. The molecule has 1 aliphatic heterocycles. The zero-order valence-electron chi connectivity index (χ0n) is 8.51. The van der Waals surface area contributed by atoms with Crippen molar-refractivity contribution in [2.75, 3.05) is 0 Å². The summed E-state index contributed by atoms with van der Waals surface area (Å²) >= 11 is 1.68. The first-order valence-corrected chi connectivity index (χ1v) is 5.87. The van der Waals surface area contributed by atoms with Crippen molar-refractivity contribution in [1.29, 1.82) is 0 Å². The highest BCUT2D eigenvalue weighted by atomic mass is 32.2. The summed E-state index contributed by atoms with van der Waals surface area (Å²) in [6, 6.07) is 13.7. The predicted molar refractivity (Wildman–Crippen MR) is 63.0 cm³/mol. The van der Waals surface area contributed by atoms with Crippen molar-refractivity contribution in [2.24, 2.45) is 0 Å². The molecule has 0 unspecified atom stereocenters. The number of hydrogen-bond donors (Lipinski definition) is 1. The van der Waals surface area contributed by atoms with Crippen LogP contribution in [0.15, 0.2) is 52.3 Å². The van der Waals surface area contributed by atoms with Crippen LogP contribution in [-0.2, 0) is 6.61 Å². The van der Waals surface area contributed by atoms with Crippen LogP contribution in [0.25, 0.3) is 0 Å². The minimum Gasteiger partial charge on any atom is -0.455 e. The lowest BCUT2D eigenvalue weighted by atomic mass is 10.2. The number of fused-ring (bicyclic) bond motifs is 2. The average Bonchev–Trinajstić information content (AvgIpc) is 2.35. The van der Waals surface area contributed by atoms with Gasteiger partial charge >= 0.3 is 0 Å². The van der Waals surface area contributed by atoms with E-state index < -0.39 is 0 Å². The molecule has 0 fully saturated rings. The Kier molecular flexibility index (Phi) is 2.35. The minimum absolute atomic E-state index is 0.0650. The molecular weight excluding hydrogens is 220 g/mol. The maximum Gasteiger partial charge on any atom is 0.141 e. The van der Waals surface area contributed by atoms with Crippen molar-refractivity contribution in [3.8, 4) is 11.5 Å². The van der Waals surface area contributed by atoms with Gasteiger partial charge in [0.15, 0.2) is 0 Å². The molecule has 1 heterocycles. The Bertz CT molecular complexity index is 537. The molecule has 1 N–H and O–H groups in total. The second-order valence-corrected chi connectivity index (χ2v) is 4.67. The molecular formula is C13H10O2S. The molecule has 2 nitrogen and oxygen atoms in total. The van der Waals surface area contributed by atoms with E-state index in [1.807, 2.05) is 42.5 Å². The van der Waals surface area contributed by atoms with E-state index in [1.54, 1.807) is 11.8 Å². The summed E-state index contributed by atoms with van der Waals surface area (Å²) in [5.74, 6) is 1.76. The fourth-order valence-corrected chi connectivity index (χ4v) is 2.69. The van der Waals surface area contributed by atoms with Crippen LogP contribution in [0.1, 0.15) is 5.56 Å². The molecule has 0 bridgehead atoms. The van der Waals surface area contributed by atoms with Crippen LogP contribution in [0.3, 0.4) is 0 Å². The molecule has 0 aliphatic carbocycles. The molecule has 0 spiro atoms. The Labute approximate surface area is 97.9 Å². The van der Waals surface area contributed by atoms with Gasteiger partial charge in [0.05, 0.1) is 16.4 Å². The first-order valence-electron chi connectivity index (χ1n) is 5.05. The number of hydrogen-bond acceptors (Lipinski definition) is 3. The highest BCUT2D eigenvalue weighted by Gasteiger charge is 2.17. The van der Waals surface area contributed by atoms with E-state index in [0.29, 0.717) is 0 Å². The van der Waals surface area contributed by atoms with E-state index in [9.17, 15) is 0 Å². The van der Waals surface area contributed by atoms with Gasteiger partial charge in [0.25, 0.3) is 0 Å². The average molecular weight is 230 g/mol. The van der Waals surface area contributed by atoms with E-state index in [2.05, 4.69) is 0 Å². The molecule has 0 atom stereocenters. The van der Waals surface area contributed by atoms with Crippen LogP contribution < -0.4 is 4.74 Å². The van der Waals surface area contributed by atoms with Crippen molar-refractivity contribution in [2.45, 2.75) is 16.4 Å². The lowest BCUT2D eigenvalue weighted by Gasteiger charge is -2.19. The molecule has 2 aromatic rings. The quantitative estimate of drug-likeness (QED) is 0.694. The standard InChI is InChI=1S/C13H10O2S/c14-8-9-5-6-11-13(7-9)16-12-4-2-1-3-10(12)15-11/h1-7,14H,8H2. The van der Waals surface area contributed by atoms with Gasteiger partial charge in [-0.2, -0.15) is 0 Å². The summed E-state index contributed by atoms with van der Waals surface area (Å²) in [6.45, 7) is 0.0650. The number of ether oxygens (including phenoxy) is 1. The zero-order chi connectivity index (χ0) is 11.0. The molecule has 3 rings (SSSR count). The third-order valence-corrected chi connectivity index (χ3v) is 3.58. The number of aliphatic hydroxyl groups excluding tert-OH is 1. The maximum atomic E-state index is 9.08. The Morgan fingerprint density at radius 1 is 1.00 bits per heavy atom. The lowest BCUT2D eigenvalue weighted by Crippen LogP contribution is -1.95. The number of aliphatic hydroxyl groups is 1. The molecule has 16 heavy (non-hydrogen) atoms. The van der Waals surface area contributed by atoms with Crippen LogP contribution >= 0.6 is 11.8 Å². The summed E-state index contributed by atoms with van der Waals surface area (Å²) in [7, 11) is 0. The second kappa shape index (κ2) is 3.85. The van der Waals surface area contributed by atoms with Crippen molar-refractivity contribution in [3.05, 3.63) is 48.0 Å². The van der Waals surface area contributed by atoms with E-state index in [-0.39, 0.29) is 6.61 Å². The van der Waals surface area contributed by atoms with Crippen LogP contribution in [0.4, 0.5) is 0 Å². The van der Waals surface area contributed by atoms with Crippen LogP contribution in [0, 0.1) is 0 Å². The van der Waals surface area contributed by atoms with E-state index in [1.165, 1.54) is 0 Å². The fourth-order valence-electron chi connectivity index (χ4n) is 1.67. The summed E-state index contributed by atoms with van der Waals surface area (Å²) in [5.41, 5.74) is 0.911. The van der Waals surface area contributed by atoms with Gasteiger partial charge in [0.2, 0.25) is 0 Å². The molecule has 0 radical (unpaired) electrons. The van der Waals surface area contributed by atoms with Gasteiger partial charge in [-0.05, 0) is 29.8 Å². The van der Waals surface area contributed by atoms with Gasteiger partial charge in [-0.25, -0.2) is 0 Å². The molecule has 0 saturated carbocycles. The van der Waals surface area contributed by atoms with Crippen LogP contribution in [0.5, 0.6) is 11.5 Å². The van der Waals surface area contributed by atoms with E-state index >= 15 is 0 Å². The molecule has 80 valence electrons. The Morgan fingerprint density at radius 3 is 2.69 bits per heavy atom. The van der Waals surface area contributed by atoms with Crippen LogP contribution in [-0.4, -0.2) is 5.11 Å². The minimum atomic E-state index is 0.0650. The fraction of sp³-hybridized carbons (Fsp3) is 0.0769. The number of benzene rings is 2. The molecule has 0 saturated heterocycles. The SMILES string of the molecule is OCc1ccc2c(c1)Sc1ccccc1O2. The van der Waals surface area contributed by atoms with Gasteiger partial charge in [-0.15, -0.1) is 0 Å². The van der Waals surface area contributed by atoms with Gasteiger partial charge in [-0.1, -0.05) is 30.0 Å². The molecule has 0 aromatic heterocycles. The van der Waals surface area contributed by atoms with Crippen molar-refractivity contribution < 1.29 is 9.84 Å². The van der Waals surface area contributed by atoms with Crippen molar-refractivity contribution in [1.82, 2.24) is 0 Å². The third kappa shape index (κ3) is 1.58. The first-order chi connectivity index (χ1) is 7.86. The van der Waals surface area contributed by atoms with Crippen molar-refractivity contribution in [3.63, 3.8) is 0 Å². The van der Waals surface area contributed by atoms with Gasteiger partial charge in [0, 0.05) is 0 Å². The van der Waals surface area contributed by atoms with E-state index in [4.69, 9.17) is 9.84 Å². The molecule has 2 aromatic carbocycles. The maximum absolute atomic E-state index is 9.08. The largest absolute Gasteiger partial charge is 0.455 e. The third-order valence-electron chi connectivity index (χ3n) is 2.48. The monoisotopic (exact) mass is 230 g/mol. The predicted octanol–water partition coefficient (Wildman–Crippen LogP) is 3.44. The second-order valence-electron chi connectivity index (χ2n) is 3.59. The normalized spacial score (nSPS) is 12.6. The van der Waals surface area contributed by atoms with Gasteiger partial charge < -0.3 is 9.84 Å². The van der Waals surface area contributed by atoms with E-state index in [0.717, 1.165) is 26.9 Å². The molecule has 1 aliphatic rings. The van der Waals surface area contributed by atoms with Crippen LogP contribution in [0.2, 0.25) is 0 Å². The summed E-state index contributed by atoms with van der Waals surface area (Å²) in [6.07, 6.45) is 0. The Hall–Kier alpha value is -1.45. The highest BCUT2D eigenvalue weighted by molar-refractivity contribution is 7.99. The topological polar surface area (TPSA) is 29.5 Å². The first kappa shape index (κ1) is 9.75. The Balaban J connectivity index is 2.05. The van der Waals surface area contributed by atoms with Gasteiger partial charge in [-0.3, -0.25) is 0 Å². The molecule has 0 amide bonds. The summed E-state index contributed by atoms with van der Waals surface area (Å²) in [5, 5.41) is 9.08. The Morgan fingerprint density at radius 2 is 1.81 bits per heavy atom. The smallest absolute Gasteiger partial charge is 0.141 e. The lowest BCUT2D eigenvalue weighted by molar-refractivity contribution is 0.281.